The molecule has 0 aliphatic heterocycles. The third-order valence-electron chi connectivity index (χ3n) is 3.58. The lowest BCUT2D eigenvalue weighted by Gasteiger charge is -2.12. The normalized spacial score (nSPS) is 10.7. The summed E-state index contributed by atoms with van der Waals surface area (Å²) in [7, 11) is 1.54. The van der Waals surface area contributed by atoms with Crippen LogP contribution in [0.2, 0.25) is 0 Å². The summed E-state index contributed by atoms with van der Waals surface area (Å²) < 4.78 is 16.6. The van der Waals surface area contributed by atoms with Gasteiger partial charge in [0.1, 0.15) is 6.20 Å². The van der Waals surface area contributed by atoms with Crippen LogP contribution in [-0.4, -0.2) is 36.2 Å². The van der Waals surface area contributed by atoms with Crippen molar-refractivity contribution in [1.29, 1.82) is 0 Å². The first kappa shape index (κ1) is 21.4. The number of nitro groups is 1. The maximum Gasteiger partial charge on any atom is 0.340 e. The zero-order chi connectivity index (χ0) is 20.7. The maximum atomic E-state index is 12.2. The number of benzene rings is 1. The Morgan fingerprint density at radius 2 is 2.00 bits per heavy atom. The van der Waals surface area contributed by atoms with Crippen molar-refractivity contribution in [3.63, 3.8) is 0 Å². The molecule has 2 aromatic rings. The molecule has 0 unspecified atom stereocenters. The summed E-state index contributed by atoms with van der Waals surface area (Å²) in [5.41, 5.74) is 0.741. The molecule has 0 fully saturated rings. The van der Waals surface area contributed by atoms with E-state index >= 15 is 0 Å². The van der Waals surface area contributed by atoms with Crippen molar-refractivity contribution in [2.75, 3.05) is 20.3 Å². The average molecular weight is 451 g/mol. The van der Waals surface area contributed by atoms with Crippen molar-refractivity contribution in [2.45, 2.75) is 13.8 Å². The second-order valence-electron chi connectivity index (χ2n) is 5.40. The number of hydrogen-bond donors (Lipinski definition) is 0. The van der Waals surface area contributed by atoms with E-state index < -0.39 is 10.9 Å². The van der Waals surface area contributed by atoms with E-state index in [1.54, 1.807) is 25.1 Å². The van der Waals surface area contributed by atoms with Crippen LogP contribution in [0.15, 0.2) is 28.9 Å². The molecule has 0 saturated heterocycles. The summed E-state index contributed by atoms with van der Waals surface area (Å²) in [6.45, 7) is 4.16. The summed E-state index contributed by atoms with van der Waals surface area (Å²) in [6.07, 6.45) is 4.38. The first-order valence-electron chi connectivity index (χ1n) is 8.41. The molecule has 0 bridgehead atoms. The third-order valence-corrected chi connectivity index (χ3v) is 4.17. The Morgan fingerprint density at radius 1 is 1.25 bits per heavy atom. The molecule has 0 saturated carbocycles. The predicted molar refractivity (Wildman–Crippen MR) is 108 cm³/mol. The highest BCUT2D eigenvalue weighted by Gasteiger charge is 2.18. The number of halogens is 1. The van der Waals surface area contributed by atoms with Gasteiger partial charge in [0.2, 0.25) is 0 Å². The molecule has 0 amide bonds. The number of ether oxygens (including phenoxy) is 3. The van der Waals surface area contributed by atoms with Crippen LogP contribution >= 0.6 is 15.9 Å². The zero-order valence-corrected chi connectivity index (χ0v) is 17.2. The van der Waals surface area contributed by atoms with Crippen LogP contribution in [0.3, 0.4) is 0 Å². The molecular formula is C19H19BrN2O6. The Morgan fingerprint density at radius 3 is 2.61 bits per heavy atom. The lowest BCUT2D eigenvalue weighted by molar-refractivity contribution is -0.385. The van der Waals surface area contributed by atoms with Crippen LogP contribution in [0.4, 0.5) is 5.69 Å². The highest BCUT2D eigenvalue weighted by atomic mass is 79.9. The Hall–Kier alpha value is -2.94. The minimum absolute atomic E-state index is 0.0178. The third kappa shape index (κ3) is 5.07. The first-order valence-corrected chi connectivity index (χ1v) is 9.20. The number of aromatic nitrogens is 1. The van der Waals surface area contributed by atoms with Crippen molar-refractivity contribution in [3.8, 4) is 11.5 Å². The van der Waals surface area contributed by atoms with E-state index in [4.69, 9.17) is 14.2 Å². The maximum absolute atomic E-state index is 12.2. The molecule has 1 aromatic carbocycles. The van der Waals surface area contributed by atoms with Crippen molar-refractivity contribution < 1.29 is 23.9 Å². The zero-order valence-electron chi connectivity index (χ0n) is 15.6. The lowest BCUT2D eigenvalue weighted by Crippen LogP contribution is -2.08. The molecule has 1 aromatic heterocycles. The monoisotopic (exact) mass is 450 g/mol. The van der Waals surface area contributed by atoms with Gasteiger partial charge in [-0.1, -0.05) is 6.08 Å². The van der Waals surface area contributed by atoms with Crippen LogP contribution in [0.25, 0.3) is 12.2 Å². The van der Waals surface area contributed by atoms with Crippen molar-refractivity contribution in [3.05, 3.63) is 55.8 Å². The van der Waals surface area contributed by atoms with E-state index in [0.29, 0.717) is 22.6 Å². The number of rotatable bonds is 8. The number of pyridine rings is 1. The Bertz CT molecular complexity index is 914. The smallest absolute Gasteiger partial charge is 0.340 e. The van der Waals surface area contributed by atoms with Gasteiger partial charge in [-0.15, -0.1) is 0 Å². The summed E-state index contributed by atoms with van der Waals surface area (Å²) in [4.78, 5) is 26.6. The molecule has 0 N–H and O–H groups in total. The fourth-order valence-corrected chi connectivity index (χ4v) is 2.94. The van der Waals surface area contributed by atoms with E-state index in [1.807, 2.05) is 13.0 Å². The molecule has 2 rings (SSSR count). The summed E-state index contributed by atoms with van der Waals surface area (Å²) in [5, 5.41) is 11.0. The second-order valence-corrected chi connectivity index (χ2v) is 6.26. The highest BCUT2D eigenvalue weighted by molar-refractivity contribution is 9.10. The van der Waals surface area contributed by atoms with Gasteiger partial charge in [-0.05, 0) is 53.5 Å². The van der Waals surface area contributed by atoms with Gasteiger partial charge >= 0.3 is 5.97 Å². The summed E-state index contributed by atoms with van der Waals surface area (Å²) >= 11 is 3.45. The Balaban J connectivity index is 2.44. The number of hydrogen-bond acceptors (Lipinski definition) is 7. The standard InChI is InChI=1S/C19H19BrN2O6/c1-4-27-18-15(20)8-12(9-17(18)26-3)6-7-16-14(19(23)28-5-2)10-13(11-21-16)22(24)25/h6-11H,4-5H2,1-3H3. The largest absolute Gasteiger partial charge is 0.493 e. The van der Waals surface area contributed by atoms with E-state index in [0.717, 1.165) is 17.8 Å². The van der Waals surface area contributed by atoms with Gasteiger partial charge < -0.3 is 14.2 Å². The molecule has 9 heteroatoms. The fraction of sp³-hybridized carbons (Fsp3) is 0.263. The number of carbonyl (C=O) groups is 1. The number of carbonyl (C=O) groups excluding carboxylic acids is 1. The van der Waals surface area contributed by atoms with Gasteiger partial charge in [0.15, 0.2) is 11.5 Å². The van der Waals surface area contributed by atoms with E-state index in [-0.39, 0.29) is 23.6 Å². The number of esters is 1. The van der Waals surface area contributed by atoms with Gasteiger partial charge in [-0.3, -0.25) is 10.1 Å². The molecule has 0 atom stereocenters. The predicted octanol–water partition coefficient (Wildman–Crippen LogP) is 4.51. The molecule has 148 valence electrons. The minimum atomic E-state index is -0.677. The first-order chi connectivity index (χ1) is 13.4. The summed E-state index contributed by atoms with van der Waals surface area (Å²) in [5.74, 6) is 0.449. The van der Waals surface area contributed by atoms with Crippen molar-refractivity contribution in [2.24, 2.45) is 0 Å². The molecule has 0 spiro atoms. The van der Waals surface area contributed by atoms with Crippen molar-refractivity contribution in [1.82, 2.24) is 4.98 Å². The molecule has 28 heavy (non-hydrogen) atoms. The minimum Gasteiger partial charge on any atom is -0.493 e. The molecule has 8 nitrogen and oxygen atoms in total. The topological polar surface area (TPSA) is 101 Å². The van der Waals surface area contributed by atoms with Crippen LogP contribution in [0.5, 0.6) is 11.5 Å². The molecule has 0 aliphatic rings. The van der Waals surface area contributed by atoms with Gasteiger partial charge in [0.05, 0.1) is 41.0 Å². The number of nitrogens with zero attached hydrogens (tertiary/aromatic N) is 2. The highest BCUT2D eigenvalue weighted by Crippen LogP contribution is 2.37. The second kappa shape index (κ2) is 9.84. The van der Waals surface area contributed by atoms with Crippen molar-refractivity contribution >= 4 is 39.7 Å². The van der Waals surface area contributed by atoms with Crippen LogP contribution in [-0.2, 0) is 4.74 Å². The Kier molecular flexibility index (Phi) is 7.51. The van der Waals surface area contributed by atoms with E-state index in [9.17, 15) is 14.9 Å². The van der Waals surface area contributed by atoms with E-state index in [2.05, 4.69) is 20.9 Å². The van der Waals surface area contributed by atoms with Gasteiger partial charge in [-0.2, -0.15) is 0 Å². The van der Waals surface area contributed by atoms with Crippen LogP contribution in [0, 0.1) is 10.1 Å². The lowest BCUT2D eigenvalue weighted by atomic mass is 10.1. The van der Waals surface area contributed by atoms with Crippen LogP contribution in [0.1, 0.15) is 35.5 Å². The van der Waals surface area contributed by atoms with Gasteiger partial charge in [-0.25, -0.2) is 9.78 Å². The molecule has 0 aliphatic carbocycles. The molecular weight excluding hydrogens is 432 g/mol. The molecule has 0 radical (unpaired) electrons. The van der Waals surface area contributed by atoms with Gasteiger partial charge in [0.25, 0.3) is 5.69 Å². The quantitative estimate of drug-likeness (QED) is 0.331. The SMILES string of the molecule is CCOC(=O)c1cc([N+](=O)[O-])cnc1C=Cc1cc(Br)c(OCC)c(OC)c1. The molecule has 1 heterocycles. The van der Waals surface area contributed by atoms with Crippen LogP contribution < -0.4 is 9.47 Å². The van der Waals surface area contributed by atoms with E-state index in [1.165, 1.54) is 7.11 Å². The Labute approximate surface area is 170 Å². The fourth-order valence-electron chi connectivity index (χ4n) is 2.36. The summed E-state index contributed by atoms with van der Waals surface area (Å²) in [6, 6.07) is 4.74. The average Bonchev–Trinajstić information content (AvgIpc) is 2.68. The van der Waals surface area contributed by atoms with Gasteiger partial charge in [0, 0.05) is 6.07 Å². The number of methoxy groups -OCH3 is 1.